The third kappa shape index (κ3) is 5.18. The molecule has 1 aliphatic rings. The van der Waals surface area contributed by atoms with Crippen molar-refractivity contribution in [1.82, 2.24) is 0 Å². The standard InChI is InChI=1S/C18H32O6/c1-7-9-11-21-15(19)13-14(16(20)22-12-10-8-2)24-18(6,23-13)17(3,4)5/h13-14H,7-12H2,1-6H3/t13-,14+,18?. The van der Waals surface area contributed by atoms with E-state index in [0.29, 0.717) is 13.2 Å². The highest BCUT2D eigenvalue weighted by molar-refractivity contribution is 5.86. The van der Waals surface area contributed by atoms with E-state index >= 15 is 0 Å². The van der Waals surface area contributed by atoms with E-state index in [4.69, 9.17) is 18.9 Å². The van der Waals surface area contributed by atoms with Crippen LogP contribution in [0.25, 0.3) is 0 Å². The van der Waals surface area contributed by atoms with Crippen LogP contribution in [0.2, 0.25) is 0 Å². The van der Waals surface area contributed by atoms with Gasteiger partial charge in [0, 0.05) is 5.41 Å². The van der Waals surface area contributed by atoms with Crippen LogP contribution in [-0.2, 0) is 28.5 Å². The van der Waals surface area contributed by atoms with Crippen molar-refractivity contribution in [2.75, 3.05) is 13.2 Å². The molecule has 6 heteroatoms. The molecule has 24 heavy (non-hydrogen) atoms. The van der Waals surface area contributed by atoms with E-state index in [1.165, 1.54) is 0 Å². The van der Waals surface area contributed by atoms with Crippen LogP contribution < -0.4 is 0 Å². The normalized spacial score (nSPS) is 27.1. The summed E-state index contributed by atoms with van der Waals surface area (Å²) in [6, 6.07) is 0. The molecule has 0 bridgehead atoms. The van der Waals surface area contributed by atoms with Crippen molar-refractivity contribution in [3.05, 3.63) is 0 Å². The van der Waals surface area contributed by atoms with Gasteiger partial charge in [0.05, 0.1) is 13.2 Å². The zero-order valence-corrected chi connectivity index (χ0v) is 15.8. The fraction of sp³-hybridized carbons (Fsp3) is 0.889. The molecular weight excluding hydrogens is 312 g/mol. The van der Waals surface area contributed by atoms with Crippen LogP contribution in [0.4, 0.5) is 0 Å². The fourth-order valence-electron chi connectivity index (χ4n) is 2.13. The average molecular weight is 344 g/mol. The Kier molecular flexibility index (Phi) is 7.67. The summed E-state index contributed by atoms with van der Waals surface area (Å²) in [5.74, 6) is -2.22. The molecule has 0 N–H and O–H groups in total. The maximum atomic E-state index is 12.3. The van der Waals surface area contributed by atoms with Gasteiger partial charge in [-0.1, -0.05) is 47.5 Å². The van der Waals surface area contributed by atoms with Crippen LogP contribution >= 0.6 is 0 Å². The van der Waals surface area contributed by atoms with Gasteiger partial charge in [0.2, 0.25) is 0 Å². The van der Waals surface area contributed by atoms with Gasteiger partial charge in [-0.2, -0.15) is 0 Å². The molecule has 0 aromatic rings. The first-order valence-electron chi connectivity index (χ1n) is 8.85. The Balaban J connectivity index is 2.85. The van der Waals surface area contributed by atoms with Crippen LogP contribution in [0.15, 0.2) is 0 Å². The van der Waals surface area contributed by atoms with Crippen LogP contribution in [0, 0.1) is 5.41 Å². The summed E-state index contributed by atoms with van der Waals surface area (Å²) < 4.78 is 22.2. The number of ether oxygens (including phenoxy) is 4. The zero-order valence-electron chi connectivity index (χ0n) is 15.8. The van der Waals surface area contributed by atoms with Crippen molar-refractivity contribution in [2.45, 2.75) is 85.2 Å². The Morgan fingerprint density at radius 2 is 1.29 bits per heavy atom. The second-order valence-electron chi connectivity index (χ2n) is 7.31. The van der Waals surface area contributed by atoms with Gasteiger partial charge < -0.3 is 18.9 Å². The van der Waals surface area contributed by atoms with Gasteiger partial charge in [-0.15, -0.1) is 0 Å². The first kappa shape index (κ1) is 20.9. The number of esters is 2. The van der Waals surface area contributed by atoms with Gasteiger partial charge in [-0.3, -0.25) is 0 Å². The molecular formula is C18H32O6. The van der Waals surface area contributed by atoms with E-state index in [9.17, 15) is 9.59 Å². The zero-order chi connectivity index (χ0) is 18.4. The minimum absolute atomic E-state index is 0.305. The third-order valence-electron chi connectivity index (χ3n) is 4.29. The first-order valence-corrected chi connectivity index (χ1v) is 8.85. The molecule has 1 aliphatic heterocycles. The Morgan fingerprint density at radius 1 is 0.917 bits per heavy atom. The molecule has 0 saturated carbocycles. The predicted molar refractivity (Wildman–Crippen MR) is 89.3 cm³/mol. The summed E-state index contributed by atoms with van der Waals surface area (Å²) in [4.78, 5) is 24.7. The summed E-state index contributed by atoms with van der Waals surface area (Å²) in [5.41, 5.74) is -0.423. The van der Waals surface area contributed by atoms with Crippen molar-refractivity contribution in [3.63, 3.8) is 0 Å². The number of unbranched alkanes of at least 4 members (excludes halogenated alkanes) is 2. The van der Waals surface area contributed by atoms with E-state index < -0.39 is 35.3 Å². The maximum absolute atomic E-state index is 12.3. The SMILES string of the molecule is CCCCOC(=O)[C@H]1OC(C)(C(C)(C)C)O[C@H]1C(=O)OCCCC. The van der Waals surface area contributed by atoms with Gasteiger partial charge in [0.25, 0.3) is 0 Å². The largest absolute Gasteiger partial charge is 0.464 e. The van der Waals surface area contributed by atoms with Gasteiger partial charge >= 0.3 is 11.9 Å². The lowest BCUT2D eigenvalue weighted by Gasteiger charge is -2.36. The fourth-order valence-corrected chi connectivity index (χ4v) is 2.13. The van der Waals surface area contributed by atoms with E-state index in [2.05, 4.69) is 0 Å². The van der Waals surface area contributed by atoms with Crippen molar-refractivity contribution < 1.29 is 28.5 Å². The second kappa shape index (κ2) is 8.81. The van der Waals surface area contributed by atoms with Gasteiger partial charge in [-0.25, -0.2) is 9.59 Å². The van der Waals surface area contributed by atoms with Crippen molar-refractivity contribution in [3.8, 4) is 0 Å². The topological polar surface area (TPSA) is 71.1 Å². The van der Waals surface area contributed by atoms with Crippen LogP contribution in [0.5, 0.6) is 0 Å². The van der Waals surface area contributed by atoms with Crippen molar-refractivity contribution >= 4 is 11.9 Å². The Labute approximate surface area is 145 Å². The molecule has 0 aliphatic carbocycles. The first-order chi connectivity index (χ1) is 11.2. The molecule has 1 fully saturated rings. The monoisotopic (exact) mass is 344 g/mol. The lowest BCUT2D eigenvalue weighted by Crippen LogP contribution is -2.42. The molecule has 3 atom stereocenters. The Bertz CT molecular complexity index is 396. The minimum Gasteiger partial charge on any atom is -0.464 e. The number of carbonyl (C=O) groups excluding carboxylic acids is 2. The molecule has 0 spiro atoms. The molecule has 0 amide bonds. The van der Waals surface area contributed by atoms with E-state index in [1.54, 1.807) is 6.92 Å². The summed E-state index contributed by atoms with van der Waals surface area (Å²) in [5, 5.41) is 0. The Morgan fingerprint density at radius 3 is 1.58 bits per heavy atom. The highest BCUT2D eigenvalue weighted by Gasteiger charge is 2.57. The van der Waals surface area contributed by atoms with E-state index in [0.717, 1.165) is 25.7 Å². The molecule has 1 unspecified atom stereocenters. The quantitative estimate of drug-likeness (QED) is 0.497. The molecule has 1 rings (SSSR count). The second-order valence-corrected chi connectivity index (χ2v) is 7.31. The average Bonchev–Trinajstić information content (AvgIpc) is 2.87. The van der Waals surface area contributed by atoms with Crippen molar-refractivity contribution in [1.29, 1.82) is 0 Å². The molecule has 6 nitrogen and oxygen atoms in total. The van der Waals surface area contributed by atoms with Gasteiger partial charge in [0.15, 0.2) is 18.0 Å². The van der Waals surface area contributed by atoms with E-state index in [-0.39, 0.29) is 0 Å². The lowest BCUT2D eigenvalue weighted by atomic mass is 9.87. The smallest absolute Gasteiger partial charge is 0.338 e. The van der Waals surface area contributed by atoms with Gasteiger partial charge in [-0.05, 0) is 19.8 Å². The lowest BCUT2D eigenvalue weighted by molar-refractivity contribution is -0.228. The molecule has 1 saturated heterocycles. The number of carbonyl (C=O) groups is 2. The number of hydrogen-bond acceptors (Lipinski definition) is 6. The predicted octanol–water partition coefficient (Wildman–Crippen LogP) is 3.22. The molecule has 140 valence electrons. The number of rotatable bonds is 8. The molecule has 0 aromatic carbocycles. The minimum atomic E-state index is -1.10. The number of hydrogen-bond donors (Lipinski definition) is 0. The Hall–Kier alpha value is -1.14. The highest BCUT2D eigenvalue weighted by atomic mass is 16.8. The summed E-state index contributed by atoms with van der Waals surface area (Å²) >= 11 is 0. The molecule has 1 heterocycles. The maximum Gasteiger partial charge on any atom is 0.338 e. The van der Waals surface area contributed by atoms with Crippen LogP contribution in [-0.4, -0.2) is 43.1 Å². The third-order valence-corrected chi connectivity index (χ3v) is 4.29. The summed E-state index contributed by atoms with van der Waals surface area (Å²) in [6.45, 7) is 12.1. The molecule has 0 aromatic heterocycles. The van der Waals surface area contributed by atoms with E-state index in [1.807, 2.05) is 34.6 Å². The van der Waals surface area contributed by atoms with Crippen LogP contribution in [0.3, 0.4) is 0 Å². The highest BCUT2D eigenvalue weighted by Crippen LogP contribution is 2.42. The van der Waals surface area contributed by atoms with Crippen molar-refractivity contribution in [2.24, 2.45) is 5.41 Å². The molecule has 0 radical (unpaired) electrons. The summed E-state index contributed by atoms with van der Waals surface area (Å²) in [7, 11) is 0. The summed E-state index contributed by atoms with van der Waals surface area (Å²) in [6.07, 6.45) is 1.17. The van der Waals surface area contributed by atoms with Crippen LogP contribution in [0.1, 0.15) is 67.2 Å². The van der Waals surface area contributed by atoms with Gasteiger partial charge in [0.1, 0.15) is 0 Å².